The summed E-state index contributed by atoms with van der Waals surface area (Å²) in [5.41, 5.74) is 2.75. The first-order chi connectivity index (χ1) is 10.2. The Morgan fingerprint density at radius 2 is 1.76 bits per heavy atom. The number of anilines is 1. The number of rotatable bonds is 4. The first kappa shape index (κ1) is 13.4. The largest absolute Gasteiger partial charge is 0.352 e. The summed E-state index contributed by atoms with van der Waals surface area (Å²) < 4.78 is 0. The molecule has 1 aliphatic heterocycles. The van der Waals surface area contributed by atoms with E-state index in [1.165, 1.54) is 0 Å². The fourth-order valence-corrected chi connectivity index (χ4v) is 2.53. The molecule has 0 saturated heterocycles. The minimum absolute atomic E-state index is 0.105. The molecule has 0 aliphatic carbocycles. The molecule has 2 aromatic rings. The summed E-state index contributed by atoms with van der Waals surface area (Å²) in [6.07, 6.45) is 0.176. The van der Waals surface area contributed by atoms with Gasteiger partial charge in [-0.3, -0.25) is 9.59 Å². The van der Waals surface area contributed by atoms with Gasteiger partial charge in [0, 0.05) is 18.7 Å². The van der Waals surface area contributed by atoms with Crippen molar-refractivity contribution in [3.63, 3.8) is 0 Å². The van der Waals surface area contributed by atoms with Crippen LogP contribution >= 0.6 is 0 Å². The highest BCUT2D eigenvalue weighted by molar-refractivity contribution is 6.04. The molecule has 0 radical (unpaired) electrons. The Hall–Kier alpha value is -2.62. The Kier molecular flexibility index (Phi) is 3.69. The maximum Gasteiger partial charge on any atom is 0.232 e. The van der Waals surface area contributed by atoms with Gasteiger partial charge in [0.1, 0.15) is 0 Å². The molecule has 0 fully saturated rings. The van der Waals surface area contributed by atoms with E-state index in [2.05, 4.69) is 10.6 Å². The van der Waals surface area contributed by atoms with E-state index in [1.807, 2.05) is 54.6 Å². The topological polar surface area (TPSA) is 58.2 Å². The van der Waals surface area contributed by atoms with Crippen molar-refractivity contribution in [2.75, 3.05) is 5.32 Å². The molecule has 0 bridgehead atoms. The second kappa shape index (κ2) is 5.79. The molecule has 3 rings (SSSR count). The van der Waals surface area contributed by atoms with Crippen molar-refractivity contribution in [2.24, 2.45) is 0 Å². The number of carbonyl (C=O) groups is 2. The number of nitrogens with one attached hydrogen (secondary N) is 2. The highest BCUT2D eigenvalue weighted by Gasteiger charge is 2.31. The lowest BCUT2D eigenvalue weighted by atomic mass is 9.97. The molecule has 2 aromatic carbocycles. The van der Waals surface area contributed by atoms with Crippen LogP contribution in [0.2, 0.25) is 0 Å². The molecule has 2 amide bonds. The normalized spacial score (nSPS) is 16.2. The van der Waals surface area contributed by atoms with Crippen LogP contribution < -0.4 is 10.6 Å². The van der Waals surface area contributed by atoms with Gasteiger partial charge in [-0.1, -0.05) is 48.5 Å². The molecule has 1 unspecified atom stereocenters. The minimum atomic E-state index is -0.392. The van der Waals surface area contributed by atoms with Gasteiger partial charge in [-0.15, -0.1) is 0 Å². The van der Waals surface area contributed by atoms with Gasteiger partial charge in [0.25, 0.3) is 0 Å². The van der Waals surface area contributed by atoms with Crippen LogP contribution in [0.25, 0.3) is 0 Å². The molecule has 1 heterocycles. The van der Waals surface area contributed by atoms with Crippen molar-refractivity contribution in [1.29, 1.82) is 0 Å². The predicted molar refractivity (Wildman–Crippen MR) is 80.7 cm³/mol. The van der Waals surface area contributed by atoms with Crippen LogP contribution in [0.3, 0.4) is 0 Å². The quantitative estimate of drug-likeness (QED) is 0.903. The van der Waals surface area contributed by atoms with Crippen LogP contribution in [0.5, 0.6) is 0 Å². The van der Waals surface area contributed by atoms with Crippen LogP contribution in [-0.4, -0.2) is 11.8 Å². The lowest BCUT2D eigenvalue weighted by Gasteiger charge is -2.09. The first-order valence-electron chi connectivity index (χ1n) is 6.94. The maximum atomic E-state index is 12.0. The van der Waals surface area contributed by atoms with E-state index in [4.69, 9.17) is 0 Å². The molecule has 0 aromatic heterocycles. The highest BCUT2D eigenvalue weighted by Crippen LogP contribution is 2.34. The minimum Gasteiger partial charge on any atom is -0.352 e. The Morgan fingerprint density at radius 1 is 1.05 bits per heavy atom. The van der Waals surface area contributed by atoms with Gasteiger partial charge >= 0.3 is 0 Å². The number of amides is 2. The standard InChI is InChI=1S/C17H16N2O2/c20-16(18-11-12-6-2-1-3-7-12)10-14-13-8-4-5-9-15(13)19-17(14)21/h1-9,14H,10-11H2,(H,18,20)(H,19,21). The second-order valence-electron chi connectivity index (χ2n) is 5.10. The number of fused-ring (bicyclic) bond motifs is 1. The van der Waals surface area contributed by atoms with Crippen LogP contribution in [-0.2, 0) is 16.1 Å². The van der Waals surface area contributed by atoms with Gasteiger partial charge in [0.05, 0.1) is 5.92 Å². The smallest absolute Gasteiger partial charge is 0.232 e. The van der Waals surface area contributed by atoms with Gasteiger partial charge in [-0.25, -0.2) is 0 Å². The van der Waals surface area contributed by atoms with Gasteiger partial charge in [0.2, 0.25) is 11.8 Å². The van der Waals surface area contributed by atoms with Crippen molar-refractivity contribution in [2.45, 2.75) is 18.9 Å². The van der Waals surface area contributed by atoms with E-state index in [1.54, 1.807) is 0 Å². The zero-order chi connectivity index (χ0) is 14.7. The molecule has 0 saturated carbocycles. The highest BCUT2D eigenvalue weighted by atomic mass is 16.2. The predicted octanol–water partition coefficient (Wildman–Crippen LogP) is 2.43. The third kappa shape index (κ3) is 2.94. The van der Waals surface area contributed by atoms with E-state index in [0.29, 0.717) is 6.54 Å². The van der Waals surface area contributed by atoms with E-state index in [0.717, 1.165) is 16.8 Å². The summed E-state index contributed by atoms with van der Waals surface area (Å²) in [5.74, 6) is -0.612. The van der Waals surface area contributed by atoms with E-state index < -0.39 is 5.92 Å². The zero-order valence-electron chi connectivity index (χ0n) is 11.5. The average Bonchev–Trinajstić information content (AvgIpc) is 2.82. The summed E-state index contributed by atoms with van der Waals surface area (Å²) >= 11 is 0. The fraction of sp³-hybridized carbons (Fsp3) is 0.176. The zero-order valence-corrected chi connectivity index (χ0v) is 11.5. The number of para-hydroxylation sites is 1. The third-order valence-corrected chi connectivity index (χ3v) is 3.63. The Bertz CT molecular complexity index is 668. The molecular formula is C17H16N2O2. The number of hydrogen-bond acceptors (Lipinski definition) is 2. The molecular weight excluding hydrogens is 264 g/mol. The molecule has 4 nitrogen and oxygen atoms in total. The lowest BCUT2D eigenvalue weighted by Crippen LogP contribution is -2.26. The van der Waals surface area contributed by atoms with Gasteiger partial charge < -0.3 is 10.6 Å². The summed E-state index contributed by atoms with van der Waals surface area (Å²) in [6, 6.07) is 17.2. The number of benzene rings is 2. The summed E-state index contributed by atoms with van der Waals surface area (Å²) in [4.78, 5) is 24.0. The molecule has 0 spiro atoms. The maximum absolute atomic E-state index is 12.0. The summed E-state index contributed by atoms with van der Waals surface area (Å²) in [5, 5.41) is 5.67. The molecule has 21 heavy (non-hydrogen) atoms. The average molecular weight is 280 g/mol. The van der Waals surface area contributed by atoms with Crippen LogP contribution in [0, 0.1) is 0 Å². The van der Waals surface area contributed by atoms with Gasteiger partial charge in [0.15, 0.2) is 0 Å². The Balaban J connectivity index is 1.62. The van der Waals surface area contributed by atoms with E-state index in [-0.39, 0.29) is 18.2 Å². The van der Waals surface area contributed by atoms with Crippen molar-refractivity contribution < 1.29 is 9.59 Å². The Labute approximate surface area is 123 Å². The fourth-order valence-electron chi connectivity index (χ4n) is 2.53. The lowest BCUT2D eigenvalue weighted by molar-refractivity contribution is -0.125. The Morgan fingerprint density at radius 3 is 2.57 bits per heavy atom. The molecule has 4 heteroatoms. The molecule has 1 aliphatic rings. The third-order valence-electron chi connectivity index (χ3n) is 3.63. The monoisotopic (exact) mass is 280 g/mol. The van der Waals surface area contributed by atoms with Crippen molar-refractivity contribution in [3.8, 4) is 0 Å². The van der Waals surface area contributed by atoms with Crippen molar-refractivity contribution in [1.82, 2.24) is 5.32 Å². The molecule has 2 N–H and O–H groups in total. The SMILES string of the molecule is O=C(CC1C(=O)Nc2ccccc21)NCc1ccccc1. The van der Waals surface area contributed by atoms with Gasteiger partial charge in [-0.2, -0.15) is 0 Å². The van der Waals surface area contributed by atoms with E-state index in [9.17, 15) is 9.59 Å². The number of hydrogen-bond donors (Lipinski definition) is 2. The summed E-state index contributed by atoms with van der Waals surface area (Å²) in [7, 11) is 0. The molecule has 1 atom stereocenters. The van der Waals surface area contributed by atoms with E-state index >= 15 is 0 Å². The van der Waals surface area contributed by atoms with Crippen LogP contribution in [0.15, 0.2) is 54.6 Å². The van der Waals surface area contributed by atoms with Crippen molar-refractivity contribution >= 4 is 17.5 Å². The van der Waals surface area contributed by atoms with Crippen LogP contribution in [0.1, 0.15) is 23.5 Å². The first-order valence-corrected chi connectivity index (χ1v) is 6.94. The second-order valence-corrected chi connectivity index (χ2v) is 5.10. The van der Waals surface area contributed by atoms with Crippen molar-refractivity contribution in [3.05, 3.63) is 65.7 Å². The van der Waals surface area contributed by atoms with Gasteiger partial charge in [-0.05, 0) is 17.2 Å². The summed E-state index contributed by atoms with van der Waals surface area (Å²) in [6.45, 7) is 0.482. The molecule has 106 valence electrons. The number of carbonyl (C=O) groups excluding carboxylic acids is 2. The van der Waals surface area contributed by atoms with Crippen LogP contribution in [0.4, 0.5) is 5.69 Å².